The minimum absolute atomic E-state index is 0.984. The highest BCUT2D eigenvalue weighted by molar-refractivity contribution is 7.86. The third-order valence-corrected chi connectivity index (χ3v) is 3.33. The molecule has 11 heavy (non-hydrogen) atoms. The number of nitrogens with zero attached hydrogens (tertiary/aromatic N) is 1. The van der Waals surface area contributed by atoms with E-state index in [0.29, 0.717) is 0 Å². The maximum absolute atomic E-state index is 4.31. The van der Waals surface area contributed by atoms with Crippen molar-refractivity contribution in [2.75, 3.05) is 0 Å². The molecular weight excluding hydrogens is 194 g/mol. The monoisotopic (exact) mass is 199 g/mol. The number of pyridine rings is 1. The third-order valence-electron chi connectivity index (χ3n) is 1.48. The smallest absolute Gasteiger partial charge is 0.0674 e. The molecule has 0 bridgehead atoms. The van der Waals surface area contributed by atoms with Gasteiger partial charge in [0.05, 0.1) is 8.42 Å². The molecule has 0 amide bonds. The van der Waals surface area contributed by atoms with Crippen molar-refractivity contribution in [3.8, 4) is 0 Å². The Hall–Kier alpha value is -0.190. The van der Waals surface area contributed by atoms with E-state index in [4.69, 9.17) is 0 Å². The Kier molecular flexibility index (Phi) is 1.83. The molecule has 2 rings (SSSR count). The van der Waals surface area contributed by atoms with E-state index in [2.05, 4.69) is 30.2 Å². The molecule has 1 nitrogen and oxygen atoms in total. The Bertz CT molecular complexity index is 357. The summed E-state index contributed by atoms with van der Waals surface area (Å²) >= 11 is 10.2. The van der Waals surface area contributed by atoms with E-state index in [1.54, 1.807) is 17.5 Å². The molecule has 0 saturated heterocycles. The second-order valence-electron chi connectivity index (χ2n) is 2.13. The van der Waals surface area contributed by atoms with Crippen LogP contribution in [0.25, 0.3) is 10.8 Å². The fourth-order valence-electron chi connectivity index (χ4n) is 0.953. The van der Waals surface area contributed by atoms with Crippen molar-refractivity contribution in [2.45, 2.75) is 8.42 Å². The molecule has 0 N–H and O–H groups in total. The first-order valence-corrected chi connectivity index (χ1v) is 4.74. The second kappa shape index (κ2) is 2.69. The summed E-state index contributed by atoms with van der Waals surface area (Å²) in [5, 5.41) is 2.23. The third kappa shape index (κ3) is 1.15. The fraction of sp³-hybridized carbons (Fsp3) is 0. The Morgan fingerprint density at radius 3 is 2.64 bits per heavy atom. The number of hydrogen-bond donors (Lipinski definition) is 2. The Morgan fingerprint density at radius 1 is 1.18 bits per heavy atom. The Labute approximate surface area is 79.3 Å². The SMILES string of the molecule is Sc1sc(S)c2cnccc12. The highest BCUT2D eigenvalue weighted by Crippen LogP contribution is 2.35. The molecular formula is C7H5NS3. The van der Waals surface area contributed by atoms with Gasteiger partial charge in [0.1, 0.15) is 0 Å². The molecule has 2 aromatic rings. The zero-order valence-electron chi connectivity index (χ0n) is 5.48. The number of thiol groups is 2. The van der Waals surface area contributed by atoms with Gasteiger partial charge in [-0.2, -0.15) is 0 Å². The van der Waals surface area contributed by atoms with Gasteiger partial charge in [-0.25, -0.2) is 0 Å². The first-order chi connectivity index (χ1) is 5.29. The van der Waals surface area contributed by atoms with Crippen LogP contribution >= 0.6 is 36.6 Å². The molecule has 0 unspecified atom stereocenters. The molecule has 0 radical (unpaired) electrons. The fourth-order valence-corrected chi connectivity index (χ4v) is 2.83. The van der Waals surface area contributed by atoms with Crippen molar-refractivity contribution in [3.05, 3.63) is 18.5 Å². The standard InChI is InChI=1S/C7H5NS3/c9-6-4-1-2-8-3-5(4)7(10)11-6/h1-3,9-10H. The van der Waals surface area contributed by atoms with E-state index in [9.17, 15) is 0 Å². The average Bonchev–Trinajstić information content (AvgIpc) is 2.30. The van der Waals surface area contributed by atoms with Gasteiger partial charge in [0.2, 0.25) is 0 Å². The van der Waals surface area contributed by atoms with E-state index in [0.717, 1.165) is 19.2 Å². The number of rotatable bonds is 0. The van der Waals surface area contributed by atoms with Crippen LogP contribution < -0.4 is 0 Å². The summed E-state index contributed by atoms with van der Waals surface area (Å²) in [6, 6.07) is 1.95. The highest BCUT2D eigenvalue weighted by atomic mass is 32.2. The molecule has 56 valence electrons. The van der Waals surface area contributed by atoms with E-state index in [1.807, 2.05) is 12.3 Å². The van der Waals surface area contributed by atoms with Crippen molar-refractivity contribution in [2.24, 2.45) is 0 Å². The molecule has 0 atom stereocenters. The molecule has 4 heteroatoms. The summed E-state index contributed by atoms with van der Waals surface area (Å²) in [6.45, 7) is 0. The highest BCUT2D eigenvalue weighted by Gasteiger charge is 2.04. The van der Waals surface area contributed by atoms with Crippen LogP contribution in [0.4, 0.5) is 0 Å². The summed E-state index contributed by atoms with van der Waals surface area (Å²) in [7, 11) is 0. The van der Waals surface area contributed by atoms with Crippen LogP contribution in [-0.2, 0) is 0 Å². The van der Waals surface area contributed by atoms with Crippen LogP contribution in [0.5, 0.6) is 0 Å². The predicted molar refractivity (Wildman–Crippen MR) is 54.1 cm³/mol. The van der Waals surface area contributed by atoms with Crippen LogP contribution in [0.15, 0.2) is 26.9 Å². The summed E-state index contributed by atoms with van der Waals surface area (Å²) in [5.74, 6) is 0. The van der Waals surface area contributed by atoms with Gasteiger partial charge in [-0.1, -0.05) is 0 Å². The van der Waals surface area contributed by atoms with Crippen molar-refractivity contribution < 1.29 is 0 Å². The summed E-state index contributed by atoms with van der Waals surface area (Å²) in [5.41, 5.74) is 0. The largest absolute Gasteiger partial charge is 0.264 e. The van der Waals surface area contributed by atoms with Crippen LogP contribution in [0.2, 0.25) is 0 Å². The molecule has 2 aromatic heterocycles. The zero-order valence-corrected chi connectivity index (χ0v) is 8.09. The first-order valence-electron chi connectivity index (χ1n) is 3.03. The van der Waals surface area contributed by atoms with Gasteiger partial charge < -0.3 is 0 Å². The number of hydrogen-bond acceptors (Lipinski definition) is 4. The van der Waals surface area contributed by atoms with E-state index < -0.39 is 0 Å². The summed E-state index contributed by atoms with van der Waals surface area (Å²) in [6.07, 6.45) is 3.58. The van der Waals surface area contributed by atoms with Gasteiger partial charge in [0, 0.05) is 23.2 Å². The van der Waals surface area contributed by atoms with Crippen molar-refractivity contribution in [3.63, 3.8) is 0 Å². The average molecular weight is 199 g/mol. The lowest BCUT2D eigenvalue weighted by Gasteiger charge is -1.87. The van der Waals surface area contributed by atoms with Crippen LogP contribution in [-0.4, -0.2) is 4.98 Å². The van der Waals surface area contributed by atoms with E-state index >= 15 is 0 Å². The van der Waals surface area contributed by atoms with Gasteiger partial charge in [-0.05, 0) is 6.07 Å². The number of fused-ring (bicyclic) bond motifs is 1. The minimum atomic E-state index is 0.984. The molecule has 0 spiro atoms. The van der Waals surface area contributed by atoms with Gasteiger partial charge in [-0.15, -0.1) is 36.6 Å². The second-order valence-corrected chi connectivity index (χ2v) is 4.65. The minimum Gasteiger partial charge on any atom is -0.264 e. The Morgan fingerprint density at radius 2 is 1.91 bits per heavy atom. The quantitative estimate of drug-likeness (QED) is 0.622. The zero-order chi connectivity index (χ0) is 7.84. The van der Waals surface area contributed by atoms with Gasteiger partial charge in [0.15, 0.2) is 0 Å². The molecule has 2 heterocycles. The molecule has 0 aliphatic rings. The van der Waals surface area contributed by atoms with Crippen molar-refractivity contribution >= 4 is 47.4 Å². The maximum Gasteiger partial charge on any atom is 0.0674 e. The van der Waals surface area contributed by atoms with Crippen LogP contribution in [0.1, 0.15) is 0 Å². The van der Waals surface area contributed by atoms with Gasteiger partial charge >= 0.3 is 0 Å². The molecule has 0 aromatic carbocycles. The van der Waals surface area contributed by atoms with Gasteiger partial charge in [0.25, 0.3) is 0 Å². The molecule has 0 aliphatic carbocycles. The van der Waals surface area contributed by atoms with Gasteiger partial charge in [-0.3, -0.25) is 4.98 Å². The van der Waals surface area contributed by atoms with Crippen molar-refractivity contribution in [1.82, 2.24) is 4.98 Å². The molecule has 0 fully saturated rings. The van der Waals surface area contributed by atoms with Crippen LogP contribution in [0, 0.1) is 0 Å². The molecule has 0 saturated carbocycles. The summed E-state index contributed by atoms with van der Waals surface area (Å²) in [4.78, 5) is 4.01. The topological polar surface area (TPSA) is 12.9 Å². The first kappa shape index (κ1) is 7.46. The lowest BCUT2D eigenvalue weighted by Crippen LogP contribution is -1.68. The van der Waals surface area contributed by atoms with E-state index in [1.165, 1.54) is 0 Å². The van der Waals surface area contributed by atoms with Crippen molar-refractivity contribution in [1.29, 1.82) is 0 Å². The normalized spacial score (nSPS) is 10.7. The Balaban J connectivity index is 2.95. The lowest BCUT2D eigenvalue weighted by atomic mass is 10.3. The molecule has 0 aliphatic heterocycles. The number of aromatic nitrogens is 1. The predicted octanol–water partition coefficient (Wildman–Crippen LogP) is 2.87. The maximum atomic E-state index is 4.31. The summed E-state index contributed by atoms with van der Waals surface area (Å²) < 4.78 is 1.99. The van der Waals surface area contributed by atoms with E-state index in [-0.39, 0.29) is 0 Å². The number of thiophene rings is 1. The van der Waals surface area contributed by atoms with Crippen LogP contribution in [0.3, 0.4) is 0 Å². The lowest BCUT2D eigenvalue weighted by molar-refractivity contribution is 1.36.